The Balaban J connectivity index is 1.97. The fourth-order valence-electron chi connectivity index (χ4n) is 2.99. The van der Waals surface area contributed by atoms with Crippen molar-refractivity contribution in [3.63, 3.8) is 0 Å². The van der Waals surface area contributed by atoms with Gasteiger partial charge in [-0.15, -0.1) is 6.42 Å². The summed E-state index contributed by atoms with van der Waals surface area (Å²) in [5.41, 5.74) is -0.0394. The molecule has 1 aliphatic carbocycles. The molecule has 0 N–H and O–H groups in total. The van der Waals surface area contributed by atoms with Crippen molar-refractivity contribution in [1.29, 1.82) is 0 Å². The lowest BCUT2D eigenvalue weighted by Crippen LogP contribution is -2.32. The fraction of sp³-hybridized carbons (Fsp3) is 0.688. The highest BCUT2D eigenvalue weighted by atomic mass is 16.7. The minimum atomic E-state index is -0.891. The van der Waals surface area contributed by atoms with Crippen LogP contribution in [0.1, 0.15) is 47.5 Å². The van der Waals surface area contributed by atoms with Gasteiger partial charge in [-0.2, -0.15) is 0 Å². The summed E-state index contributed by atoms with van der Waals surface area (Å²) in [5, 5.41) is 0. The number of hydrogen-bond donors (Lipinski definition) is 0. The molecule has 0 aromatic heterocycles. The van der Waals surface area contributed by atoms with E-state index in [0.717, 1.165) is 0 Å². The van der Waals surface area contributed by atoms with Crippen LogP contribution in [0.15, 0.2) is 11.8 Å². The van der Waals surface area contributed by atoms with E-state index in [-0.39, 0.29) is 22.7 Å². The number of hydrogen-bond acceptors (Lipinski definition) is 3. The minimum Gasteiger partial charge on any atom is -0.456 e. The molecule has 0 amide bonds. The number of carbonyl (C=O) groups is 1. The number of terminal acetylenes is 1. The van der Waals surface area contributed by atoms with Gasteiger partial charge in [0, 0.05) is 13.3 Å². The molecule has 0 aromatic rings. The Morgan fingerprint density at radius 2 is 2.00 bits per heavy atom. The van der Waals surface area contributed by atoms with E-state index in [1.165, 1.54) is 0 Å². The quantitative estimate of drug-likeness (QED) is 0.578. The average molecular weight is 262 g/mol. The van der Waals surface area contributed by atoms with Gasteiger partial charge in [-0.1, -0.05) is 33.6 Å². The van der Waals surface area contributed by atoms with E-state index in [9.17, 15) is 4.79 Å². The third-order valence-corrected chi connectivity index (χ3v) is 4.90. The molecule has 0 radical (unpaired) electrons. The number of esters is 1. The summed E-state index contributed by atoms with van der Waals surface area (Å²) in [4.78, 5) is 12.3. The van der Waals surface area contributed by atoms with Crippen molar-refractivity contribution in [3.05, 3.63) is 11.8 Å². The number of rotatable bonds is 3. The van der Waals surface area contributed by atoms with Crippen LogP contribution in [0.2, 0.25) is 0 Å². The van der Waals surface area contributed by atoms with E-state index >= 15 is 0 Å². The van der Waals surface area contributed by atoms with Crippen LogP contribution in [0.5, 0.6) is 0 Å². The van der Waals surface area contributed by atoms with Crippen molar-refractivity contribution in [2.45, 2.75) is 53.2 Å². The van der Waals surface area contributed by atoms with Gasteiger partial charge in [-0.25, -0.2) is 0 Å². The molecule has 1 aliphatic heterocycles. The molecule has 0 spiro atoms. The molecule has 0 aromatic carbocycles. The Hall–Kier alpha value is -1.43. The van der Waals surface area contributed by atoms with Crippen LogP contribution in [0.4, 0.5) is 0 Å². The maximum Gasteiger partial charge on any atom is 0.313 e. The summed E-state index contributed by atoms with van der Waals surface area (Å²) in [6.45, 7) is 10.2. The predicted molar refractivity (Wildman–Crippen MR) is 72.8 cm³/mol. The van der Waals surface area contributed by atoms with Gasteiger partial charge in [-0.05, 0) is 16.9 Å². The summed E-state index contributed by atoms with van der Waals surface area (Å²) in [6, 6.07) is 0. The fourth-order valence-corrected chi connectivity index (χ4v) is 2.99. The third kappa shape index (κ3) is 2.14. The van der Waals surface area contributed by atoms with Crippen LogP contribution in [-0.4, -0.2) is 11.8 Å². The molecular formula is C16H22O3. The minimum absolute atomic E-state index is 0.0197. The van der Waals surface area contributed by atoms with Gasteiger partial charge < -0.3 is 9.47 Å². The Morgan fingerprint density at radius 1 is 1.42 bits per heavy atom. The highest BCUT2D eigenvalue weighted by Crippen LogP contribution is 2.68. The molecule has 1 unspecified atom stereocenters. The second-order valence-electron chi connectivity index (χ2n) is 6.79. The van der Waals surface area contributed by atoms with Crippen LogP contribution < -0.4 is 0 Å². The molecule has 2 aliphatic rings. The molecule has 19 heavy (non-hydrogen) atoms. The standard InChI is InChI=1S/C16H22O3/c1-7-8-11-9-10-16(6,18-11)19-13(17)12-14(2,3)15(12,4)5/h1,9,12H,8,10H2,2-6H3. The van der Waals surface area contributed by atoms with Crippen molar-refractivity contribution in [2.24, 2.45) is 16.7 Å². The Bertz CT molecular complexity index is 465. The van der Waals surface area contributed by atoms with E-state index in [2.05, 4.69) is 33.6 Å². The molecule has 1 heterocycles. The normalized spacial score (nSPS) is 31.1. The molecule has 104 valence electrons. The molecular weight excluding hydrogens is 240 g/mol. The van der Waals surface area contributed by atoms with Crippen molar-refractivity contribution in [3.8, 4) is 12.3 Å². The van der Waals surface area contributed by atoms with Gasteiger partial charge in [0.15, 0.2) is 0 Å². The lowest BCUT2D eigenvalue weighted by Gasteiger charge is -2.25. The van der Waals surface area contributed by atoms with Crippen molar-refractivity contribution < 1.29 is 14.3 Å². The molecule has 2 rings (SSSR count). The first kappa shape index (κ1) is 14.0. The Morgan fingerprint density at radius 3 is 2.47 bits per heavy atom. The van der Waals surface area contributed by atoms with E-state index in [1.54, 1.807) is 6.92 Å². The Labute approximate surface area is 115 Å². The lowest BCUT2D eigenvalue weighted by atomic mass is 10.0. The first-order valence-electron chi connectivity index (χ1n) is 6.68. The molecule has 1 atom stereocenters. The molecule has 1 saturated carbocycles. The smallest absolute Gasteiger partial charge is 0.313 e. The summed E-state index contributed by atoms with van der Waals surface area (Å²) in [7, 11) is 0. The van der Waals surface area contributed by atoms with Crippen molar-refractivity contribution in [2.75, 3.05) is 0 Å². The first-order valence-corrected chi connectivity index (χ1v) is 6.68. The summed E-state index contributed by atoms with van der Waals surface area (Å²) in [5.74, 6) is 2.11. The highest BCUT2D eigenvalue weighted by Gasteiger charge is 2.69. The van der Waals surface area contributed by atoms with Gasteiger partial charge in [0.05, 0.1) is 12.3 Å². The maximum absolute atomic E-state index is 12.3. The summed E-state index contributed by atoms with van der Waals surface area (Å²) in [6.07, 6.45) is 8.14. The van der Waals surface area contributed by atoms with Crippen LogP contribution in [0.3, 0.4) is 0 Å². The van der Waals surface area contributed by atoms with Crippen LogP contribution in [0.25, 0.3) is 0 Å². The summed E-state index contributed by atoms with van der Waals surface area (Å²) >= 11 is 0. The highest BCUT2D eigenvalue weighted by molar-refractivity contribution is 5.79. The topological polar surface area (TPSA) is 35.5 Å². The number of ether oxygens (including phenoxy) is 2. The van der Waals surface area contributed by atoms with Gasteiger partial charge in [-0.3, -0.25) is 4.79 Å². The van der Waals surface area contributed by atoms with Crippen LogP contribution >= 0.6 is 0 Å². The zero-order chi connectivity index (χ0) is 14.5. The van der Waals surface area contributed by atoms with Gasteiger partial charge in [0.2, 0.25) is 0 Å². The average Bonchev–Trinajstić information content (AvgIpc) is 2.53. The first-order chi connectivity index (χ1) is 8.64. The third-order valence-electron chi connectivity index (χ3n) is 4.90. The van der Waals surface area contributed by atoms with Gasteiger partial charge in [0.25, 0.3) is 5.79 Å². The monoisotopic (exact) mass is 262 g/mol. The molecule has 1 fully saturated rings. The number of allylic oxidation sites excluding steroid dienone is 1. The summed E-state index contributed by atoms with van der Waals surface area (Å²) < 4.78 is 11.2. The molecule has 3 nitrogen and oxygen atoms in total. The van der Waals surface area contributed by atoms with Crippen LogP contribution in [-0.2, 0) is 14.3 Å². The van der Waals surface area contributed by atoms with E-state index in [0.29, 0.717) is 18.6 Å². The molecule has 0 saturated heterocycles. The second kappa shape index (κ2) is 4.03. The van der Waals surface area contributed by atoms with Gasteiger partial charge >= 0.3 is 5.97 Å². The van der Waals surface area contributed by atoms with Gasteiger partial charge in [0.1, 0.15) is 5.76 Å². The molecule has 0 bridgehead atoms. The number of carbonyl (C=O) groups excluding carboxylic acids is 1. The zero-order valence-corrected chi connectivity index (χ0v) is 12.4. The lowest BCUT2D eigenvalue weighted by molar-refractivity contribution is -0.204. The molecule has 3 heteroatoms. The van der Waals surface area contributed by atoms with E-state index < -0.39 is 5.79 Å². The van der Waals surface area contributed by atoms with Crippen molar-refractivity contribution in [1.82, 2.24) is 0 Å². The van der Waals surface area contributed by atoms with Crippen LogP contribution in [0, 0.1) is 29.1 Å². The largest absolute Gasteiger partial charge is 0.456 e. The van der Waals surface area contributed by atoms with Crippen molar-refractivity contribution >= 4 is 5.97 Å². The SMILES string of the molecule is C#CCC1=CCC(C)(OC(=O)C2C(C)(C)C2(C)C)O1. The Kier molecular flexibility index (Phi) is 2.97. The second-order valence-corrected chi connectivity index (χ2v) is 6.79. The zero-order valence-electron chi connectivity index (χ0n) is 12.4. The maximum atomic E-state index is 12.3. The van der Waals surface area contributed by atoms with E-state index in [1.807, 2.05) is 6.08 Å². The predicted octanol–water partition coefficient (Wildman–Crippen LogP) is 3.26. The van der Waals surface area contributed by atoms with E-state index in [4.69, 9.17) is 15.9 Å².